The first-order valence-electron chi connectivity index (χ1n) is 4.03. The van der Waals surface area contributed by atoms with Crippen LogP contribution in [0.4, 0.5) is 4.39 Å². The smallest absolute Gasteiger partial charge is 0.217 e. The van der Waals surface area contributed by atoms with Gasteiger partial charge in [-0.1, -0.05) is 0 Å². The number of piperidine rings is 1. The number of alkyl halides is 1. The molecule has 0 saturated carbocycles. The SMILES string of the molecule is CC(=O)N[C@H]1CN[C@H](F)[C@@H](O)[C@@H]1O. The third-order valence-corrected chi connectivity index (χ3v) is 1.98. The minimum Gasteiger partial charge on any atom is -0.388 e. The molecule has 4 N–H and O–H groups in total. The van der Waals surface area contributed by atoms with Crippen molar-refractivity contribution in [2.75, 3.05) is 6.54 Å². The molecule has 1 amide bonds. The molecule has 1 aliphatic rings. The van der Waals surface area contributed by atoms with E-state index >= 15 is 0 Å². The van der Waals surface area contributed by atoms with E-state index in [4.69, 9.17) is 5.11 Å². The van der Waals surface area contributed by atoms with E-state index in [-0.39, 0.29) is 12.5 Å². The van der Waals surface area contributed by atoms with Gasteiger partial charge in [0.15, 0.2) is 6.30 Å². The van der Waals surface area contributed by atoms with Crippen LogP contribution in [0.1, 0.15) is 6.92 Å². The van der Waals surface area contributed by atoms with E-state index in [0.29, 0.717) is 0 Å². The molecule has 1 saturated heterocycles. The quantitative estimate of drug-likeness (QED) is 0.366. The van der Waals surface area contributed by atoms with E-state index in [1.54, 1.807) is 0 Å². The molecule has 1 fully saturated rings. The number of hydrogen-bond acceptors (Lipinski definition) is 4. The van der Waals surface area contributed by atoms with Crippen molar-refractivity contribution in [3.63, 3.8) is 0 Å². The van der Waals surface area contributed by atoms with Crippen LogP contribution in [0.25, 0.3) is 0 Å². The Kier molecular flexibility index (Phi) is 3.18. The van der Waals surface area contributed by atoms with Crippen LogP contribution in [0.15, 0.2) is 0 Å². The zero-order valence-electron chi connectivity index (χ0n) is 7.20. The number of carbonyl (C=O) groups excluding carboxylic acids is 1. The van der Waals surface area contributed by atoms with Gasteiger partial charge in [-0.3, -0.25) is 10.1 Å². The normalized spacial score (nSPS) is 40.0. The largest absolute Gasteiger partial charge is 0.388 e. The molecule has 0 radical (unpaired) electrons. The molecule has 1 heterocycles. The van der Waals surface area contributed by atoms with Gasteiger partial charge in [0.2, 0.25) is 5.91 Å². The monoisotopic (exact) mass is 192 g/mol. The molecular formula is C7H13FN2O3. The maximum atomic E-state index is 12.7. The molecule has 0 aliphatic carbocycles. The second kappa shape index (κ2) is 3.99. The van der Waals surface area contributed by atoms with Crippen LogP contribution >= 0.6 is 0 Å². The summed E-state index contributed by atoms with van der Waals surface area (Å²) in [4.78, 5) is 10.6. The van der Waals surface area contributed by atoms with E-state index in [2.05, 4.69) is 10.6 Å². The van der Waals surface area contributed by atoms with Crippen molar-refractivity contribution in [1.82, 2.24) is 10.6 Å². The zero-order valence-corrected chi connectivity index (χ0v) is 7.20. The molecule has 0 aromatic heterocycles. The highest BCUT2D eigenvalue weighted by molar-refractivity contribution is 5.73. The van der Waals surface area contributed by atoms with Crippen LogP contribution in [-0.2, 0) is 4.79 Å². The number of carbonyl (C=O) groups is 1. The van der Waals surface area contributed by atoms with Gasteiger partial charge in [0.25, 0.3) is 0 Å². The molecule has 1 rings (SSSR count). The lowest BCUT2D eigenvalue weighted by Gasteiger charge is -2.34. The van der Waals surface area contributed by atoms with Crippen molar-refractivity contribution in [1.29, 1.82) is 0 Å². The summed E-state index contributed by atoms with van der Waals surface area (Å²) >= 11 is 0. The van der Waals surface area contributed by atoms with Crippen molar-refractivity contribution in [3.05, 3.63) is 0 Å². The molecule has 5 nitrogen and oxygen atoms in total. The van der Waals surface area contributed by atoms with Crippen LogP contribution < -0.4 is 10.6 Å². The summed E-state index contributed by atoms with van der Waals surface area (Å²) in [7, 11) is 0. The standard InChI is InChI=1S/C7H13FN2O3/c1-3(11)10-4-2-9-7(8)6(13)5(4)12/h4-7,9,12-13H,2H2,1H3,(H,10,11)/t4-,5+,6-,7-/m0/s1. The highest BCUT2D eigenvalue weighted by Gasteiger charge is 2.37. The van der Waals surface area contributed by atoms with Gasteiger partial charge in [0, 0.05) is 13.5 Å². The third kappa shape index (κ3) is 2.36. The maximum absolute atomic E-state index is 12.7. The van der Waals surface area contributed by atoms with Gasteiger partial charge >= 0.3 is 0 Å². The number of aliphatic hydroxyl groups is 2. The summed E-state index contributed by atoms with van der Waals surface area (Å²) < 4.78 is 12.7. The van der Waals surface area contributed by atoms with Crippen LogP contribution in [0.2, 0.25) is 0 Å². The lowest BCUT2D eigenvalue weighted by atomic mass is 10.0. The van der Waals surface area contributed by atoms with E-state index in [1.165, 1.54) is 6.92 Å². The van der Waals surface area contributed by atoms with E-state index in [0.717, 1.165) is 0 Å². The van der Waals surface area contributed by atoms with Gasteiger partial charge < -0.3 is 15.5 Å². The predicted molar refractivity (Wildman–Crippen MR) is 42.5 cm³/mol. The highest BCUT2D eigenvalue weighted by Crippen LogP contribution is 2.11. The third-order valence-electron chi connectivity index (χ3n) is 1.98. The van der Waals surface area contributed by atoms with Gasteiger partial charge in [-0.05, 0) is 0 Å². The molecule has 6 heteroatoms. The molecule has 4 atom stereocenters. The fourth-order valence-electron chi connectivity index (χ4n) is 1.29. The van der Waals surface area contributed by atoms with Crippen LogP contribution in [0.3, 0.4) is 0 Å². The first-order valence-corrected chi connectivity index (χ1v) is 4.03. The molecule has 1 aliphatic heterocycles. The Balaban J connectivity index is 2.53. The predicted octanol–water partition coefficient (Wildman–Crippen LogP) is -1.89. The van der Waals surface area contributed by atoms with Crippen LogP contribution in [-0.4, -0.2) is 47.2 Å². The highest BCUT2D eigenvalue weighted by atomic mass is 19.1. The number of aliphatic hydroxyl groups excluding tert-OH is 2. The van der Waals surface area contributed by atoms with Crippen molar-refractivity contribution in [2.45, 2.75) is 31.5 Å². The van der Waals surface area contributed by atoms with Crippen molar-refractivity contribution in [3.8, 4) is 0 Å². The number of nitrogens with one attached hydrogen (secondary N) is 2. The molecule has 0 aromatic rings. The molecular weight excluding hydrogens is 179 g/mol. The van der Waals surface area contributed by atoms with Crippen LogP contribution in [0.5, 0.6) is 0 Å². The summed E-state index contributed by atoms with van der Waals surface area (Å²) in [6.07, 6.45) is -4.40. The van der Waals surface area contributed by atoms with Crippen molar-refractivity contribution >= 4 is 5.91 Å². The molecule has 0 spiro atoms. The Labute approximate surface area is 74.9 Å². The topological polar surface area (TPSA) is 81.6 Å². The van der Waals surface area contributed by atoms with Crippen molar-refractivity contribution in [2.24, 2.45) is 0 Å². The summed E-state index contributed by atoms with van der Waals surface area (Å²) in [6.45, 7) is 1.40. The zero-order chi connectivity index (χ0) is 10.0. The van der Waals surface area contributed by atoms with Gasteiger partial charge in [0.05, 0.1) is 6.04 Å². The first kappa shape index (κ1) is 10.4. The second-order valence-corrected chi connectivity index (χ2v) is 3.10. The van der Waals surface area contributed by atoms with Crippen LogP contribution in [0, 0.1) is 0 Å². The van der Waals surface area contributed by atoms with E-state index in [1.807, 2.05) is 0 Å². The number of rotatable bonds is 1. The number of halogens is 1. The first-order chi connectivity index (χ1) is 6.02. The fourth-order valence-corrected chi connectivity index (χ4v) is 1.29. The van der Waals surface area contributed by atoms with Crippen molar-refractivity contribution < 1.29 is 19.4 Å². The molecule has 0 bridgehead atoms. The molecule has 76 valence electrons. The molecule has 13 heavy (non-hydrogen) atoms. The fraction of sp³-hybridized carbons (Fsp3) is 0.857. The van der Waals surface area contributed by atoms with Gasteiger partial charge in [-0.25, -0.2) is 4.39 Å². The van der Waals surface area contributed by atoms with E-state index in [9.17, 15) is 14.3 Å². The average molecular weight is 192 g/mol. The number of amides is 1. The number of hydrogen-bond donors (Lipinski definition) is 4. The Hall–Kier alpha value is -0.720. The van der Waals surface area contributed by atoms with Gasteiger partial charge in [-0.15, -0.1) is 0 Å². The lowest BCUT2D eigenvalue weighted by Crippen LogP contribution is -2.63. The van der Waals surface area contributed by atoms with Gasteiger partial charge in [-0.2, -0.15) is 0 Å². The Morgan fingerprint density at radius 1 is 1.54 bits per heavy atom. The minimum atomic E-state index is -1.64. The summed E-state index contributed by atoms with van der Waals surface area (Å²) in [5.74, 6) is -0.324. The Morgan fingerprint density at radius 2 is 2.15 bits per heavy atom. The summed E-state index contributed by atoms with van der Waals surface area (Å²) in [6, 6.07) is -0.639. The Bertz CT molecular complexity index is 202. The summed E-state index contributed by atoms with van der Waals surface area (Å²) in [5, 5.41) is 23.1. The summed E-state index contributed by atoms with van der Waals surface area (Å²) in [5.41, 5.74) is 0. The molecule has 0 aromatic carbocycles. The minimum absolute atomic E-state index is 0.110. The van der Waals surface area contributed by atoms with E-state index < -0.39 is 24.5 Å². The molecule has 0 unspecified atom stereocenters. The second-order valence-electron chi connectivity index (χ2n) is 3.10. The Morgan fingerprint density at radius 3 is 2.69 bits per heavy atom. The average Bonchev–Trinajstić information content (AvgIpc) is 2.06. The maximum Gasteiger partial charge on any atom is 0.217 e. The lowest BCUT2D eigenvalue weighted by molar-refractivity contribution is -0.124. The van der Waals surface area contributed by atoms with Gasteiger partial charge in [0.1, 0.15) is 12.2 Å².